The summed E-state index contributed by atoms with van der Waals surface area (Å²) in [6.07, 6.45) is 1.56. The van der Waals surface area contributed by atoms with Crippen LogP contribution < -0.4 is 10.6 Å². The van der Waals surface area contributed by atoms with E-state index in [1.165, 1.54) is 6.07 Å². The van der Waals surface area contributed by atoms with Crippen LogP contribution in [0.5, 0.6) is 0 Å². The van der Waals surface area contributed by atoms with Crippen molar-refractivity contribution < 1.29 is 18.3 Å². The van der Waals surface area contributed by atoms with Gasteiger partial charge in [-0.2, -0.15) is 0 Å². The smallest absolute Gasteiger partial charge is 0.272 e. The van der Waals surface area contributed by atoms with Crippen molar-refractivity contribution in [2.45, 2.75) is 31.8 Å². The molecule has 0 aliphatic carbocycles. The zero-order valence-electron chi connectivity index (χ0n) is 14.3. The maximum atomic E-state index is 13.3. The molecule has 1 fully saturated rings. The Bertz CT molecular complexity index is 764. The molecule has 0 saturated carbocycles. The van der Waals surface area contributed by atoms with Crippen LogP contribution in [0.4, 0.5) is 14.6 Å². The molecule has 1 aliphatic heterocycles. The number of benzene rings is 1. The molecule has 1 aromatic carbocycles. The van der Waals surface area contributed by atoms with Gasteiger partial charge in [0.2, 0.25) is 0 Å². The van der Waals surface area contributed by atoms with Crippen LogP contribution in [-0.4, -0.2) is 35.4 Å². The van der Waals surface area contributed by atoms with E-state index in [4.69, 9.17) is 4.74 Å². The summed E-state index contributed by atoms with van der Waals surface area (Å²) in [4.78, 5) is 12.2. The van der Waals surface area contributed by atoms with Gasteiger partial charge in [-0.15, -0.1) is 10.2 Å². The Morgan fingerprint density at radius 2 is 1.92 bits per heavy atom. The first-order chi connectivity index (χ1) is 12.5. The lowest BCUT2D eigenvalue weighted by atomic mass is 10.1. The van der Waals surface area contributed by atoms with Gasteiger partial charge in [-0.05, 0) is 49.6 Å². The third-order valence-electron chi connectivity index (χ3n) is 4.26. The lowest BCUT2D eigenvalue weighted by molar-refractivity contribution is 0.0693. The number of rotatable bonds is 5. The van der Waals surface area contributed by atoms with Crippen LogP contribution in [0.15, 0.2) is 30.3 Å². The Morgan fingerprint density at radius 3 is 2.58 bits per heavy atom. The predicted molar refractivity (Wildman–Crippen MR) is 91.7 cm³/mol. The highest BCUT2D eigenvalue weighted by Gasteiger charge is 2.18. The minimum absolute atomic E-state index is 0.0873. The highest BCUT2D eigenvalue weighted by molar-refractivity contribution is 5.92. The average Bonchev–Trinajstić information content (AvgIpc) is 2.65. The molecule has 8 heteroatoms. The molecule has 0 spiro atoms. The Labute approximate surface area is 150 Å². The Morgan fingerprint density at radius 1 is 1.15 bits per heavy atom. The number of halogens is 2. The third-order valence-corrected chi connectivity index (χ3v) is 4.26. The van der Waals surface area contributed by atoms with Gasteiger partial charge < -0.3 is 15.4 Å². The van der Waals surface area contributed by atoms with Crippen molar-refractivity contribution in [3.63, 3.8) is 0 Å². The van der Waals surface area contributed by atoms with Crippen LogP contribution in [0.2, 0.25) is 0 Å². The van der Waals surface area contributed by atoms with Crippen LogP contribution in [0.1, 0.15) is 41.9 Å². The van der Waals surface area contributed by atoms with Gasteiger partial charge in [-0.1, -0.05) is 6.07 Å². The normalized spacial score (nSPS) is 16.1. The first-order valence-corrected chi connectivity index (χ1v) is 8.47. The second kappa shape index (κ2) is 8.18. The molecule has 1 unspecified atom stereocenters. The zero-order valence-corrected chi connectivity index (χ0v) is 14.3. The van der Waals surface area contributed by atoms with Gasteiger partial charge in [0.05, 0.1) is 6.04 Å². The van der Waals surface area contributed by atoms with Gasteiger partial charge in [0.1, 0.15) is 5.82 Å². The molecule has 0 bridgehead atoms. The van der Waals surface area contributed by atoms with Crippen LogP contribution in [-0.2, 0) is 4.74 Å². The maximum Gasteiger partial charge on any atom is 0.272 e. The first-order valence-electron chi connectivity index (χ1n) is 8.47. The van der Waals surface area contributed by atoms with E-state index in [2.05, 4.69) is 20.8 Å². The summed E-state index contributed by atoms with van der Waals surface area (Å²) >= 11 is 0. The molecular formula is C18H20F2N4O2. The molecule has 2 heterocycles. The monoisotopic (exact) mass is 362 g/mol. The van der Waals surface area contributed by atoms with Gasteiger partial charge in [-0.3, -0.25) is 4.79 Å². The van der Waals surface area contributed by atoms with Crippen LogP contribution in [0, 0.1) is 11.6 Å². The van der Waals surface area contributed by atoms with E-state index in [9.17, 15) is 13.6 Å². The lowest BCUT2D eigenvalue weighted by Crippen LogP contribution is -2.39. The van der Waals surface area contributed by atoms with E-state index < -0.39 is 11.6 Å². The molecule has 138 valence electrons. The quantitative estimate of drug-likeness (QED) is 0.855. The highest BCUT2D eigenvalue weighted by atomic mass is 19.2. The number of anilines is 1. The second-order valence-electron chi connectivity index (χ2n) is 6.20. The van der Waals surface area contributed by atoms with E-state index in [0.717, 1.165) is 25.0 Å². The van der Waals surface area contributed by atoms with Crippen molar-refractivity contribution in [2.75, 3.05) is 18.5 Å². The molecule has 1 aromatic heterocycles. The standard InChI is InChI=1S/C18H20F2N4O2/c1-11(12-2-3-14(19)15(20)10-12)21-17-5-4-16(23-24-17)18(25)22-13-6-8-26-9-7-13/h2-5,10-11,13H,6-9H2,1H3,(H,21,24)(H,22,25). The SMILES string of the molecule is CC(Nc1ccc(C(=O)NC2CCOCC2)nn1)c1ccc(F)c(F)c1. The number of nitrogens with one attached hydrogen (secondary N) is 2. The summed E-state index contributed by atoms with van der Waals surface area (Å²) in [6.45, 7) is 3.07. The van der Waals surface area contributed by atoms with E-state index in [1.807, 2.05) is 0 Å². The summed E-state index contributed by atoms with van der Waals surface area (Å²) in [5.74, 6) is -1.63. The van der Waals surface area contributed by atoms with Gasteiger partial charge in [0, 0.05) is 19.3 Å². The summed E-state index contributed by atoms with van der Waals surface area (Å²) in [6, 6.07) is 6.70. The molecule has 0 radical (unpaired) electrons. The summed E-state index contributed by atoms with van der Waals surface area (Å²) in [5.41, 5.74) is 0.801. The topological polar surface area (TPSA) is 76.1 Å². The number of ether oxygens (including phenoxy) is 1. The Kier molecular flexibility index (Phi) is 5.72. The molecule has 1 aliphatic rings. The molecule has 1 atom stereocenters. The largest absolute Gasteiger partial charge is 0.381 e. The molecule has 1 saturated heterocycles. The van der Waals surface area contributed by atoms with Crippen LogP contribution >= 0.6 is 0 Å². The summed E-state index contributed by atoms with van der Waals surface area (Å²) in [7, 11) is 0. The minimum Gasteiger partial charge on any atom is -0.381 e. The number of hydrogen-bond acceptors (Lipinski definition) is 5. The molecule has 26 heavy (non-hydrogen) atoms. The molecule has 2 aromatic rings. The fourth-order valence-electron chi connectivity index (χ4n) is 2.72. The highest BCUT2D eigenvalue weighted by Crippen LogP contribution is 2.19. The average molecular weight is 362 g/mol. The third kappa shape index (κ3) is 4.51. The van der Waals surface area contributed by atoms with E-state index >= 15 is 0 Å². The van der Waals surface area contributed by atoms with Crippen molar-refractivity contribution in [1.82, 2.24) is 15.5 Å². The van der Waals surface area contributed by atoms with Crippen molar-refractivity contribution in [2.24, 2.45) is 0 Å². The minimum atomic E-state index is -0.901. The number of carbonyl (C=O) groups excluding carboxylic acids is 1. The molecule has 3 rings (SSSR count). The van der Waals surface area contributed by atoms with Crippen LogP contribution in [0.25, 0.3) is 0 Å². The number of carbonyl (C=O) groups is 1. The maximum absolute atomic E-state index is 13.3. The van der Waals surface area contributed by atoms with Gasteiger partial charge in [0.25, 0.3) is 5.91 Å². The molecular weight excluding hydrogens is 342 g/mol. The van der Waals surface area contributed by atoms with Crippen molar-refractivity contribution >= 4 is 11.7 Å². The Hall–Kier alpha value is -2.61. The molecule has 6 nitrogen and oxygen atoms in total. The van der Waals surface area contributed by atoms with Gasteiger partial charge in [-0.25, -0.2) is 8.78 Å². The molecule has 2 N–H and O–H groups in total. The Balaban J connectivity index is 1.59. The fraction of sp³-hybridized carbons (Fsp3) is 0.389. The number of aromatic nitrogens is 2. The van der Waals surface area contributed by atoms with Crippen molar-refractivity contribution in [1.29, 1.82) is 0 Å². The second-order valence-corrected chi connectivity index (χ2v) is 6.20. The van der Waals surface area contributed by atoms with Crippen LogP contribution in [0.3, 0.4) is 0 Å². The van der Waals surface area contributed by atoms with Crippen molar-refractivity contribution in [3.05, 3.63) is 53.2 Å². The van der Waals surface area contributed by atoms with E-state index in [-0.39, 0.29) is 23.7 Å². The fourth-order valence-corrected chi connectivity index (χ4v) is 2.72. The zero-order chi connectivity index (χ0) is 18.5. The summed E-state index contributed by atoms with van der Waals surface area (Å²) < 4.78 is 31.6. The lowest BCUT2D eigenvalue weighted by Gasteiger charge is -2.22. The first kappa shape index (κ1) is 18.2. The predicted octanol–water partition coefficient (Wildman–Crippen LogP) is 2.84. The molecule has 1 amide bonds. The van der Waals surface area contributed by atoms with Gasteiger partial charge in [0.15, 0.2) is 17.3 Å². The number of amides is 1. The van der Waals surface area contributed by atoms with E-state index in [0.29, 0.717) is 24.6 Å². The number of nitrogens with zero attached hydrogens (tertiary/aromatic N) is 2. The van der Waals surface area contributed by atoms with Crippen molar-refractivity contribution in [3.8, 4) is 0 Å². The summed E-state index contributed by atoms with van der Waals surface area (Å²) in [5, 5.41) is 13.9. The van der Waals surface area contributed by atoms with E-state index in [1.54, 1.807) is 19.1 Å². The number of hydrogen-bond donors (Lipinski definition) is 2. The van der Waals surface area contributed by atoms with Gasteiger partial charge >= 0.3 is 0 Å².